The van der Waals surface area contributed by atoms with Gasteiger partial charge >= 0.3 is 0 Å². The summed E-state index contributed by atoms with van der Waals surface area (Å²) in [5.74, 6) is 0.279. The lowest BCUT2D eigenvalue weighted by atomic mass is 10.1. The quantitative estimate of drug-likeness (QED) is 0.372. The lowest BCUT2D eigenvalue weighted by Crippen LogP contribution is -2.23. The van der Waals surface area contributed by atoms with Gasteiger partial charge in [0, 0.05) is 10.6 Å². The van der Waals surface area contributed by atoms with Gasteiger partial charge < -0.3 is 16.2 Å². The van der Waals surface area contributed by atoms with E-state index in [1.807, 2.05) is 26.0 Å². The number of guanidine groups is 1. The number of aliphatic hydroxyl groups excluding tert-OH is 1. The molecule has 22 heavy (non-hydrogen) atoms. The highest BCUT2D eigenvalue weighted by Crippen LogP contribution is 2.26. The Labute approximate surface area is 156 Å². The van der Waals surface area contributed by atoms with E-state index in [-0.39, 0.29) is 36.5 Å². The van der Waals surface area contributed by atoms with E-state index in [9.17, 15) is 5.11 Å². The Bertz CT molecular complexity index is 640. The third-order valence-corrected chi connectivity index (χ3v) is 4.18. The Balaban J connectivity index is 0.00000242. The molecule has 0 saturated carbocycles. The second-order valence-electron chi connectivity index (χ2n) is 4.88. The molecule has 0 aliphatic heterocycles. The summed E-state index contributed by atoms with van der Waals surface area (Å²) >= 11 is 7.18. The molecule has 7 heteroatoms. The third kappa shape index (κ3) is 5.75. The van der Waals surface area contributed by atoms with E-state index in [2.05, 4.69) is 16.4 Å². The summed E-state index contributed by atoms with van der Waals surface area (Å²) in [6, 6.07) is 9.62. The zero-order valence-corrected chi connectivity index (χ0v) is 16.2. The molecule has 0 aliphatic rings. The van der Waals surface area contributed by atoms with Crippen LogP contribution < -0.4 is 11.1 Å². The molecule has 4 N–H and O–H groups in total. The number of hydrogen-bond acceptors (Lipinski definition) is 3. The summed E-state index contributed by atoms with van der Waals surface area (Å²) in [4.78, 5) is 4.94. The highest BCUT2D eigenvalue weighted by atomic mass is 127. The van der Waals surface area contributed by atoms with Crippen LogP contribution in [0.4, 0.5) is 5.69 Å². The summed E-state index contributed by atoms with van der Waals surface area (Å²) in [6.07, 6.45) is -0.693. The number of thiophene rings is 1. The molecule has 0 fully saturated rings. The number of aliphatic hydroxyl groups is 1. The van der Waals surface area contributed by atoms with Gasteiger partial charge in [-0.25, -0.2) is 0 Å². The third-order valence-electron chi connectivity index (χ3n) is 2.85. The fourth-order valence-electron chi connectivity index (χ4n) is 2.02. The average molecular weight is 452 g/mol. The molecular formula is C15H19ClIN3OS. The van der Waals surface area contributed by atoms with Crippen molar-refractivity contribution in [2.75, 3.05) is 11.9 Å². The van der Waals surface area contributed by atoms with Gasteiger partial charge in [-0.2, -0.15) is 0 Å². The van der Waals surface area contributed by atoms with Crippen LogP contribution in [0.2, 0.25) is 4.34 Å². The van der Waals surface area contributed by atoms with Crippen LogP contribution in [0.15, 0.2) is 35.3 Å². The normalized spacial score (nSPS) is 12.6. The Morgan fingerprint density at radius 2 is 1.95 bits per heavy atom. The van der Waals surface area contributed by atoms with Crippen molar-refractivity contribution in [3.63, 3.8) is 0 Å². The van der Waals surface area contributed by atoms with Crippen LogP contribution in [-0.2, 0) is 0 Å². The smallest absolute Gasteiger partial charge is 0.193 e. The summed E-state index contributed by atoms with van der Waals surface area (Å²) in [7, 11) is 0. The van der Waals surface area contributed by atoms with Crippen molar-refractivity contribution >= 4 is 58.6 Å². The van der Waals surface area contributed by atoms with E-state index in [1.54, 1.807) is 12.1 Å². The van der Waals surface area contributed by atoms with Crippen LogP contribution >= 0.6 is 46.9 Å². The van der Waals surface area contributed by atoms with Crippen molar-refractivity contribution in [2.45, 2.75) is 20.0 Å². The number of halogens is 2. The highest BCUT2D eigenvalue weighted by Gasteiger charge is 2.09. The lowest BCUT2D eigenvalue weighted by Gasteiger charge is -2.09. The molecule has 0 radical (unpaired) electrons. The van der Waals surface area contributed by atoms with E-state index in [0.29, 0.717) is 4.34 Å². The van der Waals surface area contributed by atoms with Gasteiger partial charge in [-0.05, 0) is 49.2 Å². The second-order valence-corrected chi connectivity index (χ2v) is 6.63. The van der Waals surface area contributed by atoms with Crippen LogP contribution in [0, 0.1) is 13.8 Å². The van der Waals surface area contributed by atoms with E-state index >= 15 is 0 Å². The van der Waals surface area contributed by atoms with E-state index in [1.165, 1.54) is 11.3 Å². The number of rotatable bonds is 4. The molecule has 1 aromatic heterocycles. The number of nitrogens with one attached hydrogen (secondary N) is 1. The van der Waals surface area contributed by atoms with Gasteiger partial charge in [-0.3, -0.25) is 4.99 Å². The maximum absolute atomic E-state index is 10.00. The van der Waals surface area contributed by atoms with Gasteiger partial charge in [0.05, 0.1) is 10.9 Å². The summed E-state index contributed by atoms with van der Waals surface area (Å²) < 4.78 is 0.648. The minimum atomic E-state index is -0.693. The van der Waals surface area contributed by atoms with Gasteiger partial charge in [0.1, 0.15) is 6.10 Å². The van der Waals surface area contributed by atoms with E-state index in [4.69, 9.17) is 17.3 Å². The molecule has 0 spiro atoms. The monoisotopic (exact) mass is 451 g/mol. The Kier molecular flexibility index (Phi) is 7.61. The van der Waals surface area contributed by atoms with Gasteiger partial charge in [-0.1, -0.05) is 17.7 Å². The van der Waals surface area contributed by atoms with Crippen molar-refractivity contribution in [1.82, 2.24) is 0 Å². The van der Waals surface area contributed by atoms with Crippen LogP contribution in [0.5, 0.6) is 0 Å². The lowest BCUT2D eigenvalue weighted by molar-refractivity contribution is 0.191. The van der Waals surface area contributed by atoms with Crippen LogP contribution in [0.3, 0.4) is 0 Å². The minimum absolute atomic E-state index is 0. The van der Waals surface area contributed by atoms with Crippen LogP contribution in [-0.4, -0.2) is 17.6 Å². The molecule has 4 nitrogen and oxygen atoms in total. The van der Waals surface area contributed by atoms with Crippen molar-refractivity contribution in [2.24, 2.45) is 10.7 Å². The fraction of sp³-hybridized carbons (Fsp3) is 0.267. The number of nitrogens with two attached hydrogens (primary N) is 1. The molecule has 120 valence electrons. The van der Waals surface area contributed by atoms with Crippen molar-refractivity contribution in [3.8, 4) is 0 Å². The van der Waals surface area contributed by atoms with E-state index in [0.717, 1.165) is 21.7 Å². The predicted molar refractivity (Wildman–Crippen MR) is 106 cm³/mol. The Morgan fingerprint density at radius 3 is 2.50 bits per heavy atom. The number of hydrogen-bond donors (Lipinski definition) is 3. The molecule has 0 bridgehead atoms. The fourth-order valence-corrected chi connectivity index (χ4v) is 3.05. The first kappa shape index (κ1) is 19.2. The van der Waals surface area contributed by atoms with Crippen LogP contribution in [0.25, 0.3) is 0 Å². The first-order valence-electron chi connectivity index (χ1n) is 6.52. The number of benzene rings is 1. The maximum atomic E-state index is 10.00. The zero-order chi connectivity index (χ0) is 15.4. The first-order valence-corrected chi connectivity index (χ1v) is 7.72. The second kappa shape index (κ2) is 8.71. The minimum Gasteiger partial charge on any atom is -0.386 e. The molecule has 2 rings (SSSR count). The topological polar surface area (TPSA) is 70.6 Å². The SMILES string of the molecule is Cc1cc(C)cc(NC(N)=NCC(O)c2ccc(Cl)s2)c1.I. The molecule has 0 amide bonds. The number of anilines is 1. The molecule has 1 atom stereocenters. The number of aliphatic imine (C=N–C) groups is 1. The summed E-state index contributed by atoms with van der Waals surface area (Å²) in [5, 5.41) is 13.0. The van der Waals surface area contributed by atoms with Crippen LogP contribution in [0.1, 0.15) is 22.1 Å². The first-order chi connectivity index (χ1) is 9.94. The molecule has 1 aromatic carbocycles. The van der Waals surface area contributed by atoms with Crippen molar-refractivity contribution in [1.29, 1.82) is 0 Å². The molecule has 0 saturated heterocycles. The molecule has 1 unspecified atom stereocenters. The average Bonchev–Trinajstić information content (AvgIpc) is 2.81. The maximum Gasteiger partial charge on any atom is 0.193 e. The molecular weight excluding hydrogens is 433 g/mol. The molecule has 2 aromatic rings. The Morgan fingerprint density at radius 1 is 1.32 bits per heavy atom. The van der Waals surface area contributed by atoms with Crippen molar-refractivity contribution in [3.05, 3.63) is 50.7 Å². The Hall–Kier alpha value is -0.830. The highest BCUT2D eigenvalue weighted by molar-refractivity contribution is 14.0. The van der Waals surface area contributed by atoms with Gasteiger partial charge in [0.25, 0.3) is 0 Å². The zero-order valence-electron chi connectivity index (χ0n) is 12.3. The predicted octanol–water partition coefficient (Wildman–Crippen LogP) is 4.10. The summed E-state index contributed by atoms with van der Waals surface area (Å²) in [6.45, 7) is 4.24. The molecule has 1 heterocycles. The van der Waals surface area contributed by atoms with E-state index < -0.39 is 6.10 Å². The number of aryl methyl sites for hydroxylation is 2. The van der Waals surface area contributed by atoms with Crippen molar-refractivity contribution < 1.29 is 5.11 Å². The summed E-state index contributed by atoms with van der Waals surface area (Å²) in [5.41, 5.74) is 9.04. The van der Waals surface area contributed by atoms with Gasteiger partial charge in [-0.15, -0.1) is 35.3 Å². The number of nitrogens with zero attached hydrogens (tertiary/aromatic N) is 1. The largest absolute Gasteiger partial charge is 0.386 e. The standard InChI is InChI=1S/C15H18ClN3OS.HI/c1-9-5-10(2)7-11(6-9)19-15(17)18-8-12(20)13-3-4-14(16)21-13;/h3-7,12,20H,8H2,1-2H3,(H3,17,18,19);1H. The van der Waals surface area contributed by atoms with Gasteiger partial charge in [0.15, 0.2) is 5.96 Å². The molecule has 0 aliphatic carbocycles. The van der Waals surface area contributed by atoms with Gasteiger partial charge in [0.2, 0.25) is 0 Å².